The minimum absolute atomic E-state index is 0.0165. The molecule has 16 heteroatoms. The van der Waals surface area contributed by atoms with E-state index in [0.29, 0.717) is 54.6 Å². The van der Waals surface area contributed by atoms with E-state index in [2.05, 4.69) is 27.3 Å². The highest BCUT2D eigenvalue weighted by Gasteiger charge is 2.63. The maximum atomic E-state index is 14.8. The summed E-state index contributed by atoms with van der Waals surface area (Å²) in [5.74, 6) is -1.25. The summed E-state index contributed by atoms with van der Waals surface area (Å²) in [7, 11) is -2.45. The fourth-order valence-electron chi connectivity index (χ4n) is 7.85. The fourth-order valence-corrected chi connectivity index (χ4v) is 9.16. The molecule has 3 fully saturated rings. The number of nitrogens with one attached hydrogen (secondary N) is 3. The van der Waals surface area contributed by atoms with Gasteiger partial charge in [-0.25, -0.2) is 18.2 Å². The molecule has 3 heterocycles. The van der Waals surface area contributed by atoms with Crippen molar-refractivity contribution in [2.45, 2.75) is 127 Å². The van der Waals surface area contributed by atoms with Gasteiger partial charge < -0.3 is 34.5 Å². The maximum absolute atomic E-state index is 14.8. The van der Waals surface area contributed by atoms with Gasteiger partial charge in [0.25, 0.3) is 5.91 Å². The number of carbonyl (C=O) groups excluding carboxylic acids is 4. The van der Waals surface area contributed by atoms with Gasteiger partial charge in [-0.3, -0.25) is 19.1 Å². The molecule has 2 aromatic rings. The molecule has 57 heavy (non-hydrogen) atoms. The van der Waals surface area contributed by atoms with Crippen molar-refractivity contribution in [2.24, 2.45) is 17.8 Å². The average molecular weight is 812 g/mol. The van der Waals surface area contributed by atoms with Gasteiger partial charge in [0.05, 0.1) is 31.2 Å². The SMILES string of the molecule is CCOc1cnc(O[C@@H]2C[C@H]3C(=O)NC4(C(=O)NS(=O)(=O)C5(C)CC5)CC4/C=C\CC[C@@H](C)C[C@@H](C)[C@H](NC(=O)OC(C)(C)C)C(=O)N3C2)c2ccc(OC)cc12. The van der Waals surface area contributed by atoms with E-state index < -0.39 is 73.8 Å². The highest BCUT2D eigenvalue weighted by Crippen LogP contribution is 2.48. The minimum atomic E-state index is -4.01. The Kier molecular flexibility index (Phi) is 11.8. The number of benzene rings is 1. The molecular formula is C41H57N5O10S. The molecule has 0 radical (unpaired) electrons. The molecule has 0 spiro atoms. The van der Waals surface area contributed by atoms with Crippen LogP contribution in [0.2, 0.25) is 0 Å². The number of allylic oxidation sites excluding steroid dienone is 1. The smallest absolute Gasteiger partial charge is 0.408 e. The van der Waals surface area contributed by atoms with Gasteiger partial charge in [0.1, 0.15) is 40.8 Å². The van der Waals surface area contributed by atoms with Gasteiger partial charge in [-0.05, 0) is 103 Å². The molecule has 2 unspecified atom stereocenters. The summed E-state index contributed by atoms with van der Waals surface area (Å²) >= 11 is 0. The van der Waals surface area contributed by atoms with Crippen molar-refractivity contribution in [2.75, 3.05) is 20.3 Å². The van der Waals surface area contributed by atoms with Crippen molar-refractivity contribution in [1.29, 1.82) is 0 Å². The molecule has 1 aromatic heterocycles. The van der Waals surface area contributed by atoms with Gasteiger partial charge in [-0.1, -0.05) is 26.0 Å². The number of fused-ring (bicyclic) bond motifs is 3. The van der Waals surface area contributed by atoms with Crippen molar-refractivity contribution >= 4 is 44.6 Å². The Labute approximate surface area is 335 Å². The highest BCUT2D eigenvalue weighted by atomic mass is 32.2. The monoisotopic (exact) mass is 811 g/mol. The lowest BCUT2D eigenvalue weighted by molar-refractivity contribution is -0.142. The standard InChI is InChI=1S/C41H57N5O10S/c1-9-54-32-22-42-35(29-15-14-27(53-8)19-30(29)32)55-28-20-31-34(47)44-41(37(49)45-57(51,52)40(7)16-17-40)21-26(41)13-11-10-12-24(2)18-25(3)33(36(48)46(31)23-28)43-38(50)56-39(4,5)6/h11,13-15,19,22,24-26,28,31,33H,9-10,12,16-18,20-21,23H2,1-8H3,(H,43,50)(H,44,47)(H,45,49)/b13-11-/t24-,25-,26?,28-,31+,33+,41?/m1/s1. The van der Waals surface area contributed by atoms with Crippen LogP contribution < -0.4 is 29.6 Å². The number of rotatable bonds is 9. The maximum Gasteiger partial charge on any atom is 0.408 e. The minimum Gasteiger partial charge on any atom is -0.497 e. The van der Waals surface area contributed by atoms with Crippen LogP contribution >= 0.6 is 0 Å². The summed E-state index contributed by atoms with van der Waals surface area (Å²) in [5.41, 5.74) is -2.37. The van der Waals surface area contributed by atoms with E-state index in [9.17, 15) is 27.6 Å². The van der Waals surface area contributed by atoms with E-state index in [-0.39, 0.29) is 37.1 Å². The van der Waals surface area contributed by atoms with E-state index >= 15 is 0 Å². The molecule has 15 nitrogen and oxygen atoms in total. The molecule has 6 rings (SSSR count). The molecule has 312 valence electrons. The van der Waals surface area contributed by atoms with E-state index in [0.717, 1.165) is 6.42 Å². The number of carbonyl (C=O) groups is 4. The number of amides is 4. The molecule has 1 saturated heterocycles. The Morgan fingerprint density at radius 1 is 1.11 bits per heavy atom. The molecular weight excluding hydrogens is 755 g/mol. The van der Waals surface area contributed by atoms with E-state index in [4.69, 9.17) is 18.9 Å². The fraction of sp³-hybridized carbons (Fsp3) is 0.634. The summed E-state index contributed by atoms with van der Waals surface area (Å²) < 4.78 is 51.0. The van der Waals surface area contributed by atoms with Crippen LogP contribution in [0.1, 0.15) is 93.4 Å². The normalized spacial score (nSPS) is 29.4. The number of hydrogen-bond acceptors (Lipinski definition) is 11. The number of alkyl carbamates (subject to hydrolysis) is 1. The molecule has 1 aromatic carbocycles. The predicted molar refractivity (Wildman–Crippen MR) is 212 cm³/mol. The average Bonchev–Trinajstić information content (AvgIpc) is 4.02. The van der Waals surface area contributed by atoms with Gasteiger partial charge in [-0.2, -0.15) is 0 Å². The molecule has 0 bridgehead atoms. The summed E-state index contributed by atoms with van der Waals surface area (Å²) in [6.07, 6.45) is 6.95. The topological polar surface area (TPSA) is 192 Å². The van der Waals surface area contributed by atoms with E-state index in [1.807, 2.05) is 32.1 Å². The first-order chi connectivity index (χ1) is 26.8. The lowest BCUT2D eigenvalue weighted by Gasteiger charge is -2.33. The first-order valence-electron chi connectivity index (χ1n) is 19.9. The lowest BCUT2D eigenvalue weighted by Crippen LogP contribution is -2.59. The molecule has 7 atom stereocenters. The number of hydrogen-bond donors (Lipinski definition) is 3. The van der Waals surface area contributed by atoms with Gasteiger partial charge in [0, 0.05) is 23.1 Å². The first kappa shape index (κ1) is 42.0. The largest absolute Gasteiger partial charge is 0.497 e. The number of methoxy groups -OCH3 is 1. The molecule has 2 aliphatic heterocycles. The number of pyridine rings is 1. The number of ether oxygens (including phenoxy) is 4. The van der Waals surface area contributed by atoms with Gasteiger partial charge in [-0.15, -0.1) is 0 Å². The Morgan fingerprint density at radius 2 is 1.84 bits per heavy atom. The van der Waals surface area contributed by atoms with Gasteiger partial charge >= 0.3 is 6.09 Å². The van der Waals surface area contributed by atoms with Crippen molar-refractivity contribution in [3.05, 3.63) is 36.5 Å². The Balaban J connectivity index is 1.36. The van der Waals surface area contributed by atoms with E-state index in [1.165, 1.54) is 4.90 Å². The predicted octanol–water partition coefficient (Wildman–Crippen LogP) is 4.77. The van der Waals surface area contributed by atoms with Crippen LogP contribution in [0.3, 0.4) is 0 Å². The molecule has 4 amide bonds. The first-order valence-corrected chi connectivity index (χ1v) is 21.4. The van der Waals surface area contributed by atoms with Gasteiger partial charge in [0.15, 0.2) is 0 Å². The zero-order valence-electron chi connectivity index (χ0n) is 34.2. The molecule has 3 N–H and O–H groups in total. The second-order valence-corrected chi connectivity index (χ2v) is 19.6. The highest BCUT2D eigenvalue weighted by molar-refractivity contribution is 7.91. The van der Waals surface area contributed by atoms with Crippen LogP contribution in [-0.4, -0.2) is 96.5 Å². The van der Waals surface area contributed by atoms with Crippen LogP contribution in [0.4, 0.5) is 4.79 Å². The Hall–Kier alpha value is -4.60. The van der Waals surface area contributed by atoms with Gasteiger partial charge in [0.2, 0.25) is 27.7 Å². The third kappa shape index (κ3) is 9.10. The number of sulfonamides is 1. The zero-order chi connectivity index (χ0) is 41.5. The molecule has 2 saturated carbocycles. The van der Waals surface area contributed by atoms with Crippen LogP contribution in [0.5, 0.6) is 17.4 Å². The van der Waals surface area contributed by atoms with Crippen molar-refractivity contribution in [3.63, 3.8) is 0 Å². The van der Waals surface area contributed by atoms with Crippen LogP contribution in [0, 0.1) is 17.8 Å². The Morgan fingerprint density at radius 3 is 2.51 bits per heavy atom. The summed E-state index contributed by atoms with van der Waals surface area (Å²) in [4.78, 5) is 62.6. The second kappa shape index (κ2) is 16.0. The van der Waals surface area contributed by atoms with Crippen molar-refractivity contribution in [3.8, 4) is 17.4 Å². The molecule has 2 aliphatic carbocycles. The quantitative estimate of drug-likeness (QED) is 0.296. The van der Waals surface area contributed by atoms with Crippen LogP contribution in [0.15, 0.2) is 36.5 Å². The lowest BCUT2D eigenvalue weighted by atomic mass is 9.88. The number of aromatic nitrogens is 1. The third-order valence-corrected chi connectivity index (χ3v) is 13.7. The van der Waals surface area contributed by atoms with Crippen LogP contribution in [0.25, 0.3) is 10.8 Å². The van der Waals surface area contributed by atoms with Crippen molar-refractivity contribution in [1.82, 2.24) is 25.2 Å². The molecule has 4 aliphatic rings. The third-order valence-electron chi connectivity index (χ3n) is 11.5. The summed E-state index contributed by atoms with van der Waals surface area (Å²) in [6.45, 7) is 13.0. The summed E-state index contributed by atoms with van der Waals surface area (Å²) in [6, 6.07) is 3.17. The van der Waals surface area contributed by atoms with Crippen LogP contribution in [-0.2, 0) is 29.1 Å². The zero-order valence-corrected chi connectivity index (χ0v) is 35.0. The van der Waals surface area contributed by atoms with E-state index in [1.54, 1.807) is 53.1 Å². The second-order valence-electron chi connectivity index (χ2n) is 17.4. The van der Waals surface area contributed by atoms with Crippen molar-refractivity contribution < 1.29 is 46.5 Å². The summed E-state index contributed by atoms with van der Waals surface area (Å²) in [5, 5.41) is 7.04. The Bertz CT molecular complexity index is 2030. The number of nitrogens with zero attached hydrogens (tertiary/aromatic N) is 2.